The van der Waals surface area contributed by atoms with Gasteiger partial charge in [0.15, 0.2) is 0 Å². The van der Waals surface area contributed by atoms with Gasteiger partial charge in [-0.3, -0.25) is 0 Å². The van der Waals surface area contributed by atoms with Gasteiger partial charge in [0.1, 0.15) is 0 Å². The van der Waals surface area contributed by atoms with Crippen molar-refractivity contribution in [2.45, 2.75) is 13.3 Å². The van der Waals surface area contributed by atoms with Crippen molar-refractivity contribution >= 4 is 17.7 Å². The lowest BCUT2D eigenvalue weighted by molar-refractivity contribution is -0.131. The van der Waals surface area contributed by atoms with E-state index < -0.39 is 5.97 Å². The number of aliphatic carboxylic acids is 1. The molecular formula is C11H13NO2. The van der Waals surface area contributed by atoms with E-state index in [1.54, 1.807) is 12.1 Å². The van der Waals surface area contributed by atoms with Gasteiger partial charge in [0, 0.05) is 11.8 Å². The lowest BCUT2D eigenvalue weighted by atomic mass is 10.0. The first-order chi connectivity index (χ1) is 6.63. The largest absolute Gasteiger partial charge is 0.478 e. The molecule has 14 heavy (non-hydrogen) atoms. The molecule has 74 valence electrons. The third kappa shape index (κ3) is 2.62. The molecule has 0 bridgehead atoms. The number of carboxylic acid groups (broad SMARTS) is 1. The number of carbonyl (C=O) groups is 1. The van der Waals surface area contributed by atoms with Gasteiger partial charge in [0.25, 0.3) is 0 Å². The van der Waals surface area contributed by atoms with Crippen LogP contribution >= 0.6 is 0 Å². The second-order valence-corrected chi connectivity index (χ2v) is 2.98. The number of hydrogen-bond acceptors (Lipinski definition) is 2. The summed E-state index contributed by atoms with van der Waals surface area (Å²) in [5.74, 6) is -0.941. The van der Waals surface area contributed by atoms with Gasteiger partial charge in [-0.05, 0) is 35.8 Å². The van der Waals surface area contributed by atoms with E-state index in [-0.39, 0.29) is 0 Å². The molecule has 3 heteroatoms. The van der Waals surface area contributed by atoms with Crippen LogP contribution in [-0.2, 0) is 11.2 Å². The van der Waals surface area contributed by atoms with Crippen molar-refractivity contribution in [1.29, 1.82) is 0 Å². The SMILES string of the molecule is CCc1cc(N)ccc1C=CC(=O)O. The van der Waals surface area contributed by atoms with Crippen LogP contribution in [0.1, 0.15) is 18.1 Å². The number of nitrogens with two attached hydrogens (primary N) is 1. The van der Waals surface area contributed by atoms with Gasteiger partial charge >= 0.3 is 5.97 Å². The molecule has 0 saturated carbocycles. The molecule has 0 spiro atoms. The average molecular weight is 191 g/mol. The molecule has 0 atom stereocenters. The zero-order valence-electron chi connectivity index (χ0n) is 8.03. The van der Waals surface area contributed by atoms with Crippen molar-refractivity contribution in [3.63, 3.8) is 0 Å². The summed E-state index contributed by atoms with van der Waals surface area (Å²) in [5.41, 5.74) is 8.29. The Morgan fingerprint density at radius 3 is 2.86 bits per heavy atom. The normalized spacial score (nSPS) is 10.6. The van der Waals surface area contributed by atoms with Crippen LogP contribution in [0.5, 0.6) is 0 Å². The van der Waals surface area contributed by atoms with Gasteiger partial charge in [-0.2, -0.15) is 0 Å². The highest BCUT2D eigenvalue weighted by molar-refractivity contribution is 5.85. The van der Waals surface area contributed by atoms with Crippen molar-refractivity contribution in [1.82, 2.24) is 0 Å². The van der Waals surface area contributed by atoms with Crippen molar-refractivity contribution in [3.05, 3.63) is 35.4 Å². The molecule has 0 aliphatic heterocycles. The molecule has 0 amide bonds. The number of nitrogen functional groups attached to an aromatic ring is 1. The predicted octanol–water partition coefficient (Wildman–Crippen LogP) is 1.93. The fraction of sp³-hybridized carbons (Fsp3) is 0.182. The van der Waals surface area contributed by atoms with Gasteiger partial charge < -0.3 is 10.8 Å². The second kappa shape index (κ2) is 4.46. The first kappa shape index (κ1) is 10.3. The summed E-state index contributed by atoms with van der Waals surface area (Å²) >= 11 is 0. The van der Waals surface area contributed by atoms with E-state index >= 15 is 0 Å². The third-order valence-electron chi connectivity index (χ3n) is 1.95. The lowest BCUT2D eigenvalue weighted by Gasteiger charge is -2.03. The minimum Gasteiger partial charge on any atom is -0.478 e. The van der Waals surface area contributed by atoms with E-state index in [1.807, 2.05) is 19.1 Å². The second-order valence-electron chi connectivity index (χ2n) is 2.98. The molecule has 0 saturated heterocycles. The molecule has 0 aliphatic carbocycles. The summed E-state index contributed by atoms with van der Waals surface area (Å²) in [6, 6.07) is 5.45. The van der Waals surface area contributed by atoms with E-state index in [4.69, 9.17) is 10.8 Å². The van der Waals surface area contributed by atoms with Crippen LogP contribution < -0.4 is 5.73 Å². The monoisotopic (exact) mass is 191 g/mol. The molecule has 0 aromatic heterocycles. The molecule has 1 aromatic rings. The summed E-state index contributed by atoms with van der Waals surface area (Å²) in [6.07, 6.45) is 3.55. The Labute approximate surface area is 82.9 Å². The molecule has 3 nitrogen and oxygen atoms in total. The maximum atomic E-state index is 10.3. The van der Waals surface area contributed by atoms with Crippen molar-refractivity contribution in [3.8, 4) is 0 Å². The highest BCUT2D eigenvalue weighted by atomic mass is 16.4. The Bertz CT molecular complexity index is 370. The van der Waals surface area contributed by atoms with E-state index in [0.717, 1.165) is 23.6 Å². The molecule has 3 N–H and O–H groups in total. The molecule has 1 rings (SSSR count). The number of hydrogen-bond donors (Lipinski definition) is 2. The maximum absolute atomic E-state index is 10.3. The quantitative estimate of drug-likeness (QED) is 0.566. The fourth-order valence-electron chi connectivity index (χ4n) is 1.26. The summed E-state index contributed by atoms with van der Waals surface area (Å²) in [7, 11) is 0. The molecule has 0 heterocycles. The van der Waals surface area contributed by atoms with E-state index in [9.17, 15) is 4.79 Å². The molecule has 0 fully saturated rings. The van der Waals surface area contributed by atoms with E-state index in [1.165, 1.54) is 0 Å². The van der Waals surface area contributed by atoms with E-state index in [0.29, 0.717) is 5.69 Å². The summed E-state index contributed by atoms with van der Waals surface area (Å²) in [5, 5.41) is 8.48. The summed E-state index contributed by atoms with van der Waals surface area (Å²) in [4.78, 5) is 10.3. The molecule has 1 aromatic carbocycles. The fourth-order valence-corrected chi connectivity index (χ4v) is 1.26. The van der Waals surface area contributed by atoms with Crippen LogP contribution in [0.15, 0.2) is 24.3 Å². The van der Waals surface area contributed by atoms with Gasteiger partial charge in [-0.1, -0.05) is 13.0 Å². The Balaban J connectivity index is 3.02. The number of benzene rings is 1. The Morgan fingerprint density at radius 2 is 2.29 bits per heavy atom. The van der Waals surface area contributed by atoms with Crippen LogP contribution in [0, 0.1) is 0 Å². The zero-order valence-corrected chi connectivity index (χ0v) is 8.03. The minimum absolute atomic E-state index is 0.703. The Morgan fingerprint density at radius 1 is 1.57 bits per heavy atom. The number of aryl methyl sites for hydroxylation is 1. The molecule has 0 unspecified atom stereocenters. The zero-order chi connectivity index (χ0) is 10.6. The van der Waals surface area contributed by atoms with Crippen molar-refractivity contribution in [2.24, 2.45) is 0 Å². The smallest absolute Gasteiger partial charge is 0.328 e. The van der Waals surface area contributed by atoms with Gasteiger partial charge in [0.05, 0.1) is 0 Å². The van der Waals surface area contributed by atoms with Crippen LogP contribution in [0.2, 0.25) is 0 Å². The number of anilines is 1. The van der Waals surface area contributed by atoms with Gasteiger partial charge in [0.2, 0.25) is 0 Å². The lowest BCUT2D eigenvalue weighted by Crippen LogP contribution is -1.92. The Hall–Kier alpha value is -1.77. The maximum Gasteiger partial charge on any atom is 0.328 e. The van der Waals surface area contributed by atoms with Gasteiger partial charge in [-0.15, -0.1) is 0 Å². The first-order valence-corrected chi connectivity index (χ1v) is 4.43. The standard InChI is InChI=1S/C11H13NO2/c1-2-8-7-10(12)5-3-9(8)4-6-11(13)14/h3-7H,2,12H2,1H3,(H,13,14). The van der Waals surface area contributed by atoms with Crippen molar-refractivity contribution in [2.75, 3.05) is 5.73 Å². The van der Waals surface area contributed by atoms with E-state index in [2.05, 4.69) is 0 Å². The predicted molar refractivity (Wildman–Crippen MR) is 56.9 cm³/mol. The Kier molecular flexibility index (Phi) is 3.29. The van der Waals surface area contributed by atoms with Crippen LogP contribution in [-0.4, -0.2) is 11.1 Å². The topological polar surface area (TPSA) is 63.3 Å². The molecular weight excluding hydrogens is 178 g/mol. The molecule has 0 radical (unpaired) electrons. The van der Waals surface area contributed by atoms with Crippen molar-refractivity contribution < 1.29 is 9.90 Å². The van der Waals surface area contributed by atoms with Gasteiger partial charge in [-0.25, -0.2) is 4.79 Å². The first-order valence-electron chi connectivity index (χ1n) is 4.43. The summed E-state index contributed by atoms with van der Waals surface area (Å²) < 4.78 is 0. The highest BCUT2D eigenvalue weighted by Gasteiger charge is 1.98. The van der Waals surface area contributed by atoms with Crippen LogP contribution in [0.25, 0.3) is 6.08 Å². The number of rotatable bonds is 3. The van der Waals surface area contributed by atoms with Crippen LogP contribution in [0.3, 0.4) is 0 Å². The summed E-state index contributed by atoms with van der Waals surface area (Å²) in [6.45, 7) is 2.01. The van der Waals surface area contributed by atoms with Crippen LogP contribution in [0.4, 0.5) is 5.69 Å². The third-order valence-corrected chi connectivity index (χ3v) is 1.95. The minimum atomic E-state index is -0.941. The average Bonchev–Trinajstić information content (AvgIpc) is 2.15. The molecule has 0 aliphatic rings. The highest BCUT2D eigenvalue weighted by Crippen LogP contribution is 2.15. The number of carboxylic acids is 1.